The Labute approximate surface area is 189 Å². The second kappa shape index (κ2) is 8.82. The smallest absolute Gasteiger partial charge is 0.233 e. The average Bonchev–Trinajstić information content (AvgIpc) is 3.45. The van der Waals surface area contributed by atoms with Gasteiger partial charge in [0, 0.05) is 13.6 Å². The number of amides is 1. The van der Waals surface area contributed by atoms with E-state index in [1.165, 1.54) is 17.8 Å². The first-order chi connectivity index (χ1) is 15.6. The quantitative estimate of drug-likeness (QED) is 0.546. The Hall–Kier alpha value is -3.07. The zero-order valence-electron chi connectivity index (χ0n) is 17.7. The number of ether oxygens (including phenoxy) is 2. The lowest BCUT2D eigenvalue weighted by atomic mass is 10.0. The molecule has 0 unspecified atom stereocenters. The summed E-state index contributed by atoms with van der Waals surface area (Å²) >= 11 is 1.31. The molecule has 0 saturated carbocycles. The minimum absolute atomic E-state index is 0.0207. The fraction of sp³-hybridized carbons (Fsp3) is 0.348. The number of hydrogen-bond acceptors (Lipinski definition) is 6. The van der Waals surface area contributed by atoms with Crippen molar-refractivity contribution in [1.82, 2.24) is 19.7 Å². The molecule has 1 amide bonds. The minimum atomic E-state index is -0.352. The lowest BCUT2D eigenvalue weighted by Gasteiger charge is -2.26. The maximum absolute atomic E-state index is 14.1. The maximum Gasteiger partial charge on any atom is 0.233 e. The van der Waals surface area contributed by atoms with Gasteiger partial charge in [-0.25, -0.2) is 4.39 Å². The van der Waals surface area contributed by atoms with Gasteiger partial charge >= 0.3 is 0 Å². The number of rotatable bonds is 5. The van der Waals surface area contributed by atoms with Crippen molar-refractivity contribution in [1.29, 1.82) is 0 Å². The molecule has 1 aromatic heterocycles. The monoisotopic (exact) mass is 454 g/mol. The Kier molecular flexibility index (Phi) is 5.73. The highest BCUT2D eigenvalue weighted by molar-refractivity contribution is 7.99. The summed E-state index contributed by atoms with van der Waals surface area (Å²) in [6, 6.07) is 12.4. The number of likely N-dealkylation sites (tertiary alicyclic amines) is 1. The Morgan fingerprint density at radius 3 is 2.81 bits per heavy atom. The number of halogens is 1. The van der Waals surface area contributed by atoms with Crippen molar-refractivity contribution in [2.24, 2.45) is 7.05 Å². The van der Waals surface area contributed by atoms with Crippen molar-refractivity contribution < 1.29 is 18.7 Å². The largest absolute Gasteiger partial charge is 0.486 e. The number of carbonyl (C=O) groups excluding carboxylic acids is 1. The van der Waals surface area contributed by atoms with E-state index >= 15 is 0 Å². The van der Waals surface area contributed by atoms with Gasteiger partial charge in [-0.05, 0) is 42.7 Å². The molecule has 1 fully saturated rings. The zero-order chi connectivity index (χ0) is 22.1. The van der Waals surface area contributed by atoms with Crippen molar-refractivity contribution in [3.05, 3.63) is 53.8 Å². The number of aromatic nitrogens is 3. The van der Waals surface area contributed by atoms with E-state index in [9.17, 15) is 9.18 Å². The highest BCUT2D eigenvalue weighted by atomic mass is 32.2. The normalized spacial score (nSPS) is 17.6. The molecule has 3 heterocycles. The molecule has 0 bridgehead atoms. The Morgan fingerprint density at radius 2 is 1.97 bits per heavy atom. The van der Waals surface area contributed by atoms with Gasteiger partial charge in [-0.2, -0.15) is 0 Å². The van der Waals surface area contributed by atoms with Crippen LogP contribution < -0.4 is 9.47 Å². The topological polar surface area (TPSA) is 69.5 Å². The maximum atomic E-state index is 14.1. The molecule has 2 aliphatic rings. The predicted molar refractivity (Wildman–Crippen MR) is 118 cm³/mol. The molecule has 0 spiro atoms. The molecule has 0 radical (unpaired) electrons. The Bertz CT molecular complexity index is 1150. The Balaban J connectivity index is 1.28. The molecular formula is C23H23FN4O3S. The van der Waals surface area contributed by atoms with Crippen LogP contribution in [0.15, 0.2) is 47.6 Å². The average molecular weight is 455 g/mol. The molecule has 2 aliphatic heterocycles. The zero-order valence-corrected chi connectivity index (χ0v) is 18.5. The first kappa shape index (κ1) is 20.8. The van der Waals surface area contributed by atoms with Crippen LogP contribution in [0.25, 0.3) is 11.4 Å². The van der Waals surface area contributed by atoms with E-state index in [2.05, 4.69) is 10.2 Å². The fourth-order valence-electron chi connectivity index (χ4n) is 4.21. The van der Waals surface area contributed by atoms with Crippen LogP contribution in [0, 0.1) is 5.82 Å². The van der Waals surface area contributed by atoms with Crippen molar-refractivity contribution >= 4 is 17.7 Å². The molecule has 0 aliphatic carbocycles. The second-order valence-corrected chi connectivity index (χ2v) is 8.72. The van der Waals surface area contributed by atoms with Crippen LogP contribution in [0.1, 0.15) is 24.4 Å². The van der Waals surface area contributed by atoms with Crippen molar-refractivity contribution in [3.63, 3.8) is 0 Å². The number of fused-ring (bicyclic) bond motifs is 1. The van der Waals surface area contributed by atoms with Crippen LogP contribution in [0.3, 0.4) is 0 Å². The third kappa shape index (κ3) is 3.92. The summed E-state index contributed by atoms with van der Waals surface area (Å²) in [6.45, 7) is 1.81. The minimum Gasteiger partial charge on any atom is -0.486 e. The number of nitrogens with zero attached hydrogens (tertiary/aromatic N) is 4. The fourth-order valence-corrected chi connectivity index (χ4v) is 5.00. The summed E-state index contributed by atoms with van der Waals surface area (Å²) in [5, 5.41) is 8.87. The van der Waals surface area contributed by atoms with Gasteiger partial charge in [-0.1, -0.05) is 30.0 Å². The van der Waals surface area contributed by atoms with E-state index in [-0.39, 0.29) is 23.5 Å². The van der Waals surface area contributed by atoms with Gasteiger partial charge in [-0.15, -0.1) is 10.2 Å². The molecule has 0 N–H and O–H groups in total. The molecule has 7 nitrogen and oxygen atoms in total. The highest BCUT2D eigenvalue weighted by Gasteiger charge is 2.31. The van der Waals surface area contributed by atoms with E-state index in [0.717, 1.165) is 36.4 Å². The molecule has 2 aromatic carbocycles. The number of hydrogen-bond donors (Lipinski definition) is 0. The van der Waals surface area contributed by atoms with E-state index in [4.69, 9.17) is 9.47 Å². The van der Waals surface area contributed by atoms with Gasteiger partial charge in [0.2, 0.25) is 5.91 Å². The van der Waals surface area contributed by atoms with Crippen LogP contribution in [0.4, 0.5) is 4.39 Å². The molecule has 166 valence electrons. The SMILES string of the molecule is Cn1c(SCC(=O)N2CCC[C@@H]2c2ccc3c(c2)OCCO3)nnc1-c1ccccc1F. The van der Waals surface area contributed by atoms with E-state index in [0.29, 0.717) is 29.8 Å². The van der Waals surface area contributed by atoms with Crippen LogP contribution in [0.5, 0.6) is 11.5 Å². The molecule has 5 rings (SSSR count). The van der Waals surface area contributed by atoms with Crippen molar-refractivity contribution in [2.45, 2.75) is 24.0 Å². The van der Waals surface area contributed by atoms with Gasteiger partial charge in [0.05, 0.1) is 17.4 Å². The van der Waals surface area contributed by atoms with Gasteiger partial charge in [0.25, 0.3) is 0 Å². The van der Waals surface area contributed by atoms with Crippen LogP contribution in [-0.4, -0.2) is 51.1 Å². The van der Waals surface area contributed by atoms with E-state index in [1.54, 1.807) is 29.8 Å². The first-order valence-electron chi connectivity index (χ1n) is 10.6. The van der Waals surface area contributed by atoms with Gasteiger partial charge in [0.15, 0.2) is 22.5 Å². The van der Waals surface area contributed by atoms with Gasteiger partial charge < -0.3 is 18.9 Å². The van der Waals surface area contributed by atoms with Gasteiger partial charge in [-0.3, -0.25) is 4.79 Å². The summed E-state index contributed by atoms with van der Waals surface area (Å²) in [5.74, 6) is 1.86. The van der Waals surface area contributed by atoms with Crippen molar-refractivity contribution in [3.8, 4) is 22.9 Å². The van der Waals surface area contributed by atoms with Crippen LogP contribution in [-0.2, 0) is 11.8 Å². The molecule has 1 saturated heterocycles. The van der Waals surface area contributed by atoms with Crippen LogP contribution >= 0.6 is 11.8 Å². The summed E-state index contributed by atoms with van der Waals surface area (Å²) in [4.78, 5) is 15.0. The lowest BCUT2D eigenvalue weighted by Crippen LogP contribution is -2.32. The third-order valence-corrected chi connectivity index (χ3v) is 6.80. The molecule has 9 heteroatoms. The molecule has 32 heavy (non-hydrogen) atoms. The Morgan fingerprint density at radius 1 is 1.16 bits per heavy atom. The molecule has 1 atom stereocenters. The third-order valence-electron chi connectivity index (χ3n) is 5.80. The van der Waals surface area contributed by atoms with Crippen molar-refractivity contribution in [2.75, 3.05) is 25.5 Å². The van der Waals surface area contributed by atoms with E-state index < -0.39 is 0 Å². The number of thioether (sulfide) groups is 1. The standard InChI is InChI=1S/C23H23FN4O3S/c1-27-22(16-5-2-3-6-17(16)24)25-26-23(27)32-14-21(29)28-10-4-7-18(28)15-8-9-19-20(13-15)31-12-11-30-19/h2-3,5-6,8-9,13,18H,4,7,10-12,14H2,1H3/t18-/m1/s1. The summed E-state index contributed by atoms with van der Waals surface area (Å²) < 4.78 is 27.2. The molecule has 3 aromatic rings. The molecular weight excluding hydrogens is 431 g/mol. The van der Waals surface area contributed by atoms with E-state index in [1.807, 2.05) is 23.1 Å². The highest BCUT2D eigenvalue weighted by Crippen LogP contribution is 2.38. The predicted octanol–water partition coefficient (Wildman–Crippen LogP) is 3.85. The van der Waals surface area contributed by atoms with Crippen LogP contribution in [0.2, 0.25) is 0 Å². The van der Waals surface area contributed by atoms with Gasteiger partial charge in [0.1, 0.15) is 19.0 Å². The first-order valence-corrected chi connectivity index (χ1v) is 11.6. The summed E-state index contributed by atoms with van der Waals surface area (Å²) in [5.41, 5.74) is 1.45. The number of carbonyl (C=O) groups is 1. The summed E-state index contributed by atoms with van der Waals surface area (Å²) in [7, 11) is 1.78. The second-order valence-electron chi connectivity index (χ2n) is 7.78. The number of benzene rings is 2. The lowest BCUT2D eigenvalue weighted by molar-refractivity contribution is -0.129. The summed E-state index contributed by atoms with van der Waals surface area (Å²) in [6.07, 6.45) is 1.87.